The van der Waals surface area contributed by atoms with Gasteiger partial charge in [-0.15, -0.1) is 0 Å². The molecule has 0 aromatic rings. The van der Waals surface area contributed by atoms with E-state index in [2.05, 4.69) is 4.74 Å². The average molecular weight is 246 g/mol. The molecule has 0 N–H and O–H groups in total. The van der Waals surface area contributed by atoms with Gasteiger partial charge in [-0.25, -0.2) is 0 Å². The van der Waals surface area contributed by atoms with Crippen LogP contribution in [0.4, 0.5) is 22.0 Å². The smallest absolute Gasteiger partial charge is 0.418 e. The van der Waals surface area contributed by atoms with Crippen LogP contribution in [0.1, 0.15) is 20.3 Å². The number of rotatable bonds is 4. The van der Waals surface area contributed by atoms with Crippen molar-refractivity contribution in [1.29, 1.82) is 0 Å². The molecule has 0 aromatic heterocycles. The number of halogens is 5. The number of ether oxygens (including phenoxy) is 1. The quantitative estimate of drug-likeness (QED) is 0.562. The Hall–Kier alpha value is -1.14. The van der Waals surface area contributed by atoms with Crippen molar-refractivity contribution in [2.75, 3.05) is 6.61 Å². The summed E-state index contributed by atoms with van der Waals surface area (Å²) in [7, 11) is 0. The molecule has 0 spiro atoms. The molecule has 94 valence electrons. The lowest BCUT2D eigenvalue weighted by Crippen LogP contribution is -2.19. The number of carbonyl (C=O) groups is 1. The standard InChI is InChI=1S/C9H11F5O2/c1-5(2)4-16-7(15)3-6(8(10)11)9(12,13)14/h5H,3-4H2,1-2H3. The average Bonchev–Trinajstić information content (AvgIpc) is 2.08. The van der Waals surface area contributed by atoms with Crippen LogP contribution >= 0.6 is 0 Å². The topological polar surface area (TPSA) is 26.3 Å². The van der Waals surface area contributed by atoms with Crippen LogP contribution < -0.4 is 0 Å². The molecule has 0 radical (unpaired) electrons. The van der Waals surface area contributed by atoms with Crippen LogP contribution in [0.25, 0.3) is 0 Å². The van der Waals surface area contributed by atoms with E-state index in [-0.39, 0.29) is 12.5 Å². The third-order valence-electron chi connectivity index (χ3n) is 1.47. The van der Waals surface area contributed by atoms with Gasteiger partial charge in [0.1, 0.15) is 5.57 Å². The molecule has 0 atom stereocenters. The maximum Gasteiger partial charge on any atom is 0.418 e. The monoisotopic (exact) mass is 246 g/mol. The molecule has 16 heavy (non-hydrogen) atoms. The van der Waals surface area contributed by atoms with Gasteiger partial charge in [-0.3, -0.25) is 4.79 Å². The van der Waals surface area contributed by atoms with Gasteiger partial charge in [0, 0.05) is 0 Å². The summed E-state index contributed by atoms with van der Waals surface area (Å²) in [5.41, 5.74) is -2.15. The van der Waals surface area contributed by atoms with Gasteiger partial charge in [0.25, 0.3) is 6.08 Å². The van der Waals surface area contributed by atoms with E-state index in [9.17, 15) is 26.7 Å². The summed E-state index contributed by atoms with van der Waals surface area (Å²) in [6.07, 6.45) is -9.58. The van der Waals surface area contributed by atoms with E-state index in [1.165, 1.54) is 0 Å². The highest BCUT2D eigenvalue weighted by Gasteiger charge is 2.39. The summed E-state index contributed by atoms with van der Waals surface area (Å²) in [4.78, 5) is 10.8. The van der Waals surface area contributed by atoms with Crippen molar-refractivity contribution in [1.82, 2.24) is 0 Å². The van der Waals surface area contributed by atoms with Crippen LogP contribution in [-0.2, 0) is 9.53 Å². The van der Waals surface area contributed by atoms with E-state index in [1.54, 1.807) is 13.8 Å². The van der Waals surface area contributed by atoms with E-state index < -0.39 is 30.2 Å². The molecule has 0 fully saturated rings. The second-order valence-corrected chi connectivity index (χ2v) is 3.49. The number of esters is 1. The van der Waals surface area contributed by atoms with Crippen molar-refractivity contribution in [2.45, 2.75) is 26.4 Å². The highest BCUT2D eigenvalue weighted by atomic mass is 19.4. The summed E-state index contributed by atoms with van der Waals surface area (Å²) in [5.74, 6) is -1.38. The Labute approximate surface area is 89.1 Å². The summed E-state index contributed by atoms with van der Waals surface area (Å²) in [6, 6.07) is 0. The zero-order valence-electron chi connectivity index (χ0n) is 8.70. The summed E-state index contributed by atoms with van der Waals surface area (Å²) >= 11 is 0. The van der Waals surface area contributed by atoms with Crippen molar-refractivity contribution >= 4 is 5.97 Å². The van der Waals surface area contributed by atoms with Gasteiger partial charge in [-0.1, -0.05) is 13.8 Å². The first-order chi connectivity index (χ1) is 7.14. The normalized spacial score (nSPS) is 11.5. The molecule has 0 aliphatic carbocycles. The fourth-order valence-electron chi connectivity index (χ4n) is 0.729. The minimum atomic E-state index is -5.21. The lowest BCUT2D eigenvalue weighted by atomic mass is 10.2. The Bertz CT molecular complexity index is 276. The molecule has 0 bridgehead atoms. The molecule has 0 heterocycles. The fourth-order valence-corrected chi connectivity index (χ4v) is 0.729. The Morgan fingerprint density at radius 3 is 2.06 bits per heavy atom. The summed E-state index contributed by atoms with van der Waals surface area (Å²) in [6.45, 7) is 3.24. The highest BCUT2D eigenvalue weighted by Crippen LogP contribution is 2.32. The largest absolute Gasteiger partial charge is 0.465 e. The van der Waals surface area contributed by atoms with Crippen molar-refractivity contribution in [2.24, 2.45) is 5.92 Å². The number of hydrogen-bond donors (Lipinski definition) is 0. The molecule has 0 unspecified atom stereocenters. The van der Waals surface area contributed by atoms with Crippen molar-refractivity contribution in [3.63, 3.8) is 0 Å². The van der Waals surface area contributed by atoms with Crippen LogP contribution in [-0.4, -0.2) is 18.8 Å². The second kappa shape index (κ2) is 5.81. The van der Waals surface area contributed by atoms with Crippen LogP contribution in [0.2, 0.25) is 0 Å². The molecule has 7 heteroatoms. The van der Waals surface area contributed by atoms with Crippen molar-refractivity contribution in [3.8, 4) is 0 Å². The Kier molecular flexibility index (Phi) is 5.40. The van der Waals surface area contributed by atoms with Gasteiger partial charge in [-0.2, -0.15) is 22.0 Å². The Morgan fingerprint density at radius 1 is 1.25 bits per heavy atom. The van der Waals surface area contributed by atoms with Gasteiger partial charge >= 0.3 is 12.1 Å². The van der Waals surface area contributed by atoms with Crippen LogP contribution in [0.15, 0.2) is 11.7 Å². The third kappa shape index (κ3) is 5.67. The maximum absolute atomic E-state index is 12.0. The molecule has 0 aliphatic heterocycles. The summed E-state index contributed by atoms with van der Waals surface area (Å²) < 4.78 is 64.1. The lowest BCUT2D eigenvalue weighted by Gasteiger charge is -2.11. The molecule has 2 nitrogen and oxygen atoms in total. The number of alkyl halides is 3. The lowest BCUT2D eigenvalue weighted by molar-refractivity contribution is -0.147. The molecule has 0 saturated carbocycles. The van der Waals surface area contributed by atoms with Gasteiger partial charge < -0.3 is 4.74 Å². The van der Waals surface area contributed by atoms with E-state index >= 15 is 0 Å². The fraction of sp³-hybridized carbons (Fsp3) is 0.667. The number of carbonyl (C=O) groups excluding carboxylic acids is 1. The highest BCUT2D eigenvalue weighted by molar-refractivity contribution is 5.72. The first kappa shape index (κ1) is 14.9. The minimum absolute atomic E-state index is 0.0718. The molecule has 0 rings (SSSR count). The van der Waals surface area contributed by atoms with Gasteiger partial charge in [-0.05, 0) is 5.92 Å². The molecular formula is C9H11F5O2. The van der Waals surface area contributed by atoms with Crippen LogP contribution in [0.5, 0.6) is 0 Å². The second-order valence-electron chi connectivity index (χ2n) is 3.49. The maximum atomic E-state index is 12.0. The molecular weight excluding hydrogens is 235 g/mol. The molecule has 0 amide bonds. The Morgan fingerprint density at radius 2 is 1.75 bits per heavy atom. The SMILES string of the molecule is CC(C)COC(=O)CC(=C(F)F)C(F)(F)F. The van der Waals surface area contributed by atoms with Gasteiger partial charge in [0.15, 0.2) is 0 Å². The molecule has 0 aromatic carbocycles. The minimum Gasteiger partial charge on any atom is -0.465 e. The number of hydrogen-bond acceptors (Lipinski definition) is 2. The van der Waals surface area contributed by atoms with Gasteiger partial charge in [0.05, 0.1) is 13.0 Å². The first-order valence-electron chi connectivity index (χ1n) is 4.41. The molecule has 0 aliphatic rings. The van der Waals surface area contributed by atoms with Crippen LogP contribution in [0.3, 0.4) is 0 Å². The first-order valence-corrected chi connectivity index (χ1v) is 4.41. The predicted octanol–water partition coefficient (Wildman–Crippen LogP) is 3.29. The van der Waals surface area contributed by atoms with Crippen LogP contribution in [0, 0.1) is 5.92 Å². The third-order valence-corrected chi connectivity index (χ3v) is 1.47. The zero-order valence-corrected chi connectivity index (χ0v) is 8.70. The molecule has 0 saturated heterocycles. The summed E-state index contributed by atoms with van der Waals surface area (Å²) in [5, 5.41) is 0. The van der Waals surface area contributed by atoms with E-state index in [1.807, 2.05) is 0 Å². The van der Waals surface area contributed by atoms with Crippen molar-refractivity contribution < 1.29 is 31.5 Å². The van der Waals surface area contributed by atoms with Crippen molar-refractivity contribution in [3.05, 3.63) is 11.7 Å². The van der Waals surface area contributed by atoms with E-state index in [0.717, 1.165) is 0 Å². The van der Waals surface area contributed by atoms with Gasteiger partial charge in [0.2, 0.25) is 0 Å². The predicted molar refractivity (Wildman–Crippen MR) is 45.7 cm³/mol. The van der Waals surface area contributed by atoms with E-state index in [0.29, 0.717) is 0 Å². The Balaban J connectivity index is 4.46. The zero-order chi connectivity index (χ0) is 12.9. The van der Waals surface area contributed by atoms with E-state index in [4.69, 9.17) is 0 Å².